The predicted molar refractivity (Wildman–Crippen MR) is 353 cm³/mol. The average molecular weight is 1140 g/mol. The Morgan fingerprint density at radius 3 is 0.753 bits per heavy atom. The number of carbonyl (C=O) groups excluding carboxylic acids is 3. The standard InChI is InChI=1S/C75H138O6/c1-4-7-10-13-16-19-22-24-26-28-30-32-34-36-37-39-40-42-44-46-48-50-53-56-59-62-65-68-74(77)80-71-72(70-79-73(76)67-64-61-58-55-52-21-18-15-12-9-6-3)81-75(78)69-66-63-60-57-54-51-49-47-45-43-41-38-35-33-31-29-27-25-23-20-17-14-11-8-5-2/h7,10,16,19,24,26,30,32,72H,4-6,8-9,11-15,17-18,20-23,25,27-29,31,33-71H2,1-3H3/b10-7-,19-16-,26-24-,32-30-. The molecule has 0 spiro atoms. The highest BCUT2D eigenvalue weighted by atomic mass is 16.6. The van der Waals surface area contributed by atoms with Crippen LogP contribution in [-0.4, -0.2) is 37.2 Å². The topological polar surface area (TPSA) is 78.9 Å². The van der Waals surface area contributed by atoms with Gasteiger partial charge in [-0.1, -0.05) is 365 Å². The summed E-state index contributed by atoms with van der Waals surface area (Å²) in [6.07, 6.45) is 88.7. The molecule has 0 aliphatic heterocycles. The Kier molecular flexibility index (Phi) is 67.6. The van der Waals surface area contributed by atoms with E-state index in [-0.39, 0.29) is 31.1 Å². The molecule has 0 amide bonds. The van der Waals surface area contributed by atoms with Crippen LogP contribution in [0.2, 0.25) is 0 Å². The van der Waals surface area contributed by atoms with Crippen LogP contribution >= 0.6 is 0 Å². The molecule has 0 aromatic heterocycles. The fourth-order valence-corrected chi connectivity index (χ4v) is 11.0. The highest BCUT2D eigenvalue weighted by Crippen LogP contribution is 2.19. The molecule has 1 unspecified atom stereocenters. The van der Waals surface area contributed by atoms with Gasteiger partial charge in [-0.15, -0.1) is 0 Å². The summed E-state index contributed by atoms with van der Waals surface area (Å²) in [5.41, 5.74) is 0. The maximum Gasteiger partial charge on any atom is 0.306 e. The van der Waals surface area contributed by atoms with Crippen LogP contribution in [0.4, 0.5) is 0 Å². The van der Waals surface area contributed by atoms with Gasteiger partial charge in [-0.2, -0.15) is 0 Å². The Morgan fingerprint density at radius 2 is 0.481 bits per heavy atom. The molecule has 0 heterocycles. The molecule has 0 bridgehead atoms. The minimum absolute atomic E-state index is 0.0663. The Labute approximate surface area is 505 Å². The van der Waals surface area contributed by atoms with E-state index in [1.807, 2.05) is 0 Å². The van der Waals surface area contributed by atoms with Crippen molar-refractivity contribution in [2.24, 2.45) is 0 Å². The van der Waals surface area contributed by atoms with Crippen molar-refractivity contribution >= 4 is 17.9 Å². The number of ether oxygens (including phenoxy) is 3. The summed E-state index contributed by atoms with van der Waals surface area (Å²) in [6, 6.07) is 0. The zero-order chi connectivity index (χ0) is 58.5. The molecule has 0 saturated carbocycles. The van der Waals surface area contributed by atoms with Gasteiger partial charge < -0.3 is 14.2 Å². The van der Waals surface area contributed by atoms with Crippen LogP contribution in [0.5, 0.6) is 0 Å². The SMILES string of the molecule is CC/C=C\C/C=C\C/C=C\C/C=C\CCCCCCCCCCCCCCCCC(=O)OCC(COC(=O)CCCCCCCCCCCCC)OC(=O)CCCCCCCCCCCCCCCCCCCCCCCCCCC. The molecular formula is C75H138O6. The number of allylic oxidation sites excluding steroid dienone is 8. The lowest BCUT2D eigenvalue weighted by atomic mass is 10.0. The van der Waals surface area contributed by atoms with Gasteiger partial charge >= 0.3 is 17.9 Å². The van der Waals surface area contributed by atoms with Gasteiger partial charge in [0.05, 0.1) is 0 Å². The van der Waals surface area contributed by atoms with Crippen molar-refractivity contribution in [1.82, 2.24) is 0 Å². The molecule has 0 fully saturated rings. The first-order valence-electron chi connectivity index (χ1n) is 36.1. The molecule has 0 aliphatic rings. The molecule has 0 saturated heterocycles. The van der Waals surface area contributed by atoms with Crippen molar-refractivity contribution < 1.29 is 28.6 Å². The van der Waals surface area contributed by atoms with Crippen molar-refractivity contribution in [2.75, 3.05) is 13.2 Å². The number of hydrogen-bond donors (Lipinski definition) is 0. The summed E-state index contributed by atoms with van der Waals surface area (Å²) in [7, 11) is 0. The maximum atomic E-state index is 13.0. The van der Waals surface area contributed by atoms with E-state index in [2.05, 4.69) is 69.4 Å². The monoisotopic (exact) mass is 1140 g/mol. The molecule has 0 radical (unpaired) electrons. The highest BCUT2D eigenvalue weighted by molar-refractivity contribution is 5.71. The third kappa shape index (κ3) is 68.0. The second kappa shape index (κ2) is 69.9. The molecular weight excluding hydrogens is 997 g/mol. The van der Waals surface area contributed by atoms with E-state index in [1.54, 1.807) is 0 Å². The van der Waals surface area contributed by atoms with Crippen LogP contribution in [0, 0.1) is 0 Å². The summed E-state index contributed by atoms with van der Waals surface area (Å²) >= 11 is 0. The number of rotatable bonds is 67. The van der Waals surface area contributed by atoms with Crippen molar-refractivity contribution in [2.45, 2.75) is 399 Å². The van der Waals surface area contributed by atoms with Gasteiger partial charge in [0.25, 0.3) is 0 Å². The fraction of sp³-hybridized carbons (Fsp3) is 0.853. The molecule has 6 nitrogen and oxygen atoms in total. The van der Waals surface area contributed by atoms with Gasteiger partial charge in [-0.3, -0.25) is 14.4 Å². The van der Waals surface area contributed by atoms with Crippen molar-refractivity contribution in [1.29, 1.82) is 0 Å². The van der Waals surface area contributed by atoms with Gasteiger partial charge in [0, 0.05) is 19.3 Å². The molecule has 474 valence electrons. The summed E-state index contributed by atoms with van der Waals surface area (Å²) < 4.78 is 17.0. The van der Waals surface area contributed by atoms with E-state index in [0.717, 1.165) is 83.5 Å². The molecule has 0 aromatic rings. The lowest BCUT2D eigenvalue weighted by Crippen LogP contribution is -2.30. The second-order valence-electron chi connectivity index (χ2n) is 24.5. The van der Waals surface area contributed by atoms with Gasteiger partial charge in [0.15, 0.2) is 6.10 Å². The number of esters is 3. The van der Waals surface area contributed by atoms with Gasteiger partial charge in [0.2, 0.25) is 0 Å². The maximum absolute atomic E-state index is 13.0. The van der Waals surface area contributed by atoms with E-state index in [1.165, 1.54) is 270 Å². The summed E-state index contributed by atoms with van der Waals surface area (Å²) in [6.45, 7) is 6.60. The second-order valence-corrected chi connectivity index (χ2v) is 24.5. The summed E-state index contributed by atoms with van der Waals surface area (Å²) in [5.74, 6) is -0.838. The van der Waals surface area contributed by atoms with Gasteiger partial charge in [0.1, 0.15) is 13.2 Å². The van der Waals surface area contributed by atoms with Crippen LogP contribution < -0.4 is 0 Å². The van der Waals surface area contributed by atoms with E-state index in [9.17, 15) is 14.4 Å². The lowest BCUT2D eigenvalue weighted by Gasteiger charge is -2.18. The van der Waals surface area contributed by atoms with E-state index in [4.69, 9.17) is 14.2 Å². The third-order valence-corrected chi connectivity index (χ3v) is 16.3. The third-order valence-electron chi connectivity index (χ3n) is 16.3. The fourth-order valence-electron chi connectivity index (χ4n) is 11.0. The molecule has 0 aromatic carbocycles. The quantitative estimate of drug-likeness (QED) is 0.0261. The van der Waals surface area contributed by atoms with Crippen LogP contribution in [0.15, 0.2) is 48.6 Å². The van der Waals surface area contributed by atoms with Crippen LogP contribution in [0.3, 0.4) is 0 Å². The van der Waals surface area contributed by atoms with E-state index in [0.29, 0.717) is 19.3 Å². The molecule has 0 aliphatic carbocycles. The Morgan fingerprint density at radius 1 is 0.259 bits per heavy atom. The molecule has 0 rings (SSSR count). The van der Waals surface area contributed by atoms with Crippen LogP contribution in [-0.2, 0) is 28.6 Å². The van der Waals surface area contributed by atoms with Gasteiger partial charge in [-0.25, -0.2) is 0 Å². The zero-order valence-electron chi connectivity index (χ0n) is 54.6. The van der Waals surface area contributed by atoms with Gasteiger partial charge in [-0.05, 0) is 57.8 Å². The van der Waals surface area contributed by atoms with E-state index < -0.39 is 6.10 Å². The largest absolute Gasteiger partial charge is 0.462 e. The van der Waals surface area contributed by atoms with Crippen LogP contribution in [0.25, 0.3) is 0 Å². The van der Waals surface area contributed by atoms with Crippen molar-refractivity contribution in [3.8, 4) is 0 Å². The Bertz CT molecular complexity index is 1400. The lowest BCUT2D eigenvalue weighted by molar-refractivity contribution is -0.167. The number of carbonyl (C=O) groups is 3. The first-order valence-corrected chi connectivity index (χ1v) is 36.1. The van der Waals surface area contributed by atoms with Crippen molar-refractivity contribution in [3.05, 3.63) is 48.6 Å². The smallest absolute Gasteiger partial charge is 0.306 e. The number of unbranched alkanes of at least 4 members (excludes halogenated alkanes) is 48. The zero-order valence-corrected chi connectivity index (χ0v) is 54.6. The number of hydrogen-bond acceptors (Lipinski definition) is 6. The van der Waals surface area contributed by atoms with Crippen molar-refractivity contribution in [3.63, 3.8) is 0 Å². The molecule has 81 heavy (non-hydrogen) atoms. The highest BCUT2D eigenvalue weighted by Gasteiger charge is 2.19. The first-order chi connectivity index (χ1) is 40.0. The van der Waals surface area contributed by atoms with Crippen LogP contribution in [0.1, 0.15) is 393 Å². The normalized spacial score (nSPS) is 12.3. The predicted octanol–water partition coefficient (Wildman–Crippen LogP) is 24.9. The molecule has 0 N–H and O–H groups in total. The average Bonchev–Trinajstić information content (AvgIpc) is 3.47. The molecule has 6 heteroatoms. The minimum atomic E-state index is -0.769. The van der Waals surface area contributed by atoms with E-state index >= 15 is 0 Å². The molecule has 1 atom stereocenters. The minimum Gasteiger partial charge on any atom is -0.462 e. The summed E-state index contributed by atoms with van der Waals surface area (Å²) in [5, 5.41) is 0. The Hall–Kier alpha value is -2.63. The summed E-state index contributed by atoms with van der Waals surface area (Å²) in [4.78, 5) is 38.4. The first kappa shape index (κ1) is 78.4. The Balaban J connectivity index is 4.16.